The van der Waals surface area contributed by atoms with Gasteiger partial charge in [-0.05, 0) is 40.5 Å². The van der Waals surface area contributed by atoms with Gasteiger partial charge >= 0.3 is 0 Å². The Bertz CT molecular complexity index is 713. The molecule has 2 heterocycles. The van der Waals surface area contributed by atoms with Crippen LogP contribution in [0, 0.1) is 0 Å². The minimum Gasteiger partial charge on any atom is -0.338 e. The van der Waals surface area contributed by atoms with Gasteiger partial charge in [-0.3, -0.25) is 14.6 Å². The SMILES string of the molecule is C[C@@H](c1ccccc1)N(C)C(=O)CN1CCN(Cc2ccc(Br)s2)CC1. The monoisotopic (exact) mass is 435 g/mol. The molecule has 0 radical (unpaired) electrons. The van der Waals surface area contributed by atoms with Crippen LogP contribution in [0.25, 0.3) is 0 Å². The Morgan fingerprint density at radius 1 is 1.12 bits per heavy atom. The van der Waals surface area contributed by atoms with E-state index in [1.807, 2.05) is 30.1 Å². The maximum atomic E-state index is 12.7. The minimum atomic E-state index is 0.0993. The molecule has 2 aromatic rings. The maximum absolute atomic E-state index is 12.7. The smallest absolute Gasteiger partial charge is 0.236 e. The predicted molar refractivity (Wildman–Crippen MR) is 111 cm³/mol. The zero-order chi connectivity index (χ0) is 18.5. The van der Waals surface area contributed by atoms with E-state index in [4.69, 9.17) is 0 Å². The lowest BCUT2D eigenvalue weighted by atomic mass is 10.1. The van der Waals surface area contributed by atoms with Gasteiger partial charge in [-0.1, -0.05) is 30.3 Å². The van der Waals surface area contributed by atoms with Gasteiger partial charge in [0.25, 0.3) is 0 Å². The molecule has 0 bridgehead atoms. The van der Waals surface area contributed by atoms with Crippen molar-refractivity contribution in [1.82, 2.24) is 14.7 Å². The van der Waals surface area contributed by atoms with Crippen LogP contribution >= 0.6 is 27.3 Å². The Hall–Kier alpha value is -1.21. The Labute approximate surface area is 168 Å². The molecule has 4 nitrogen and oxygen atoms in total. The molecule has 0 saturated carbocycles. The van der Waals surface area contributed by atoms with Crippen LogP contribution in [0.3, 0.4) is 0 Å². The minimum absolute atomic E-state index is 0.0993. The highest BCUT2D eigenvalue weighted by Gasteiger charge is 2.23. The second-order valence-corrected chi connectivity index (χ2v) is 9.40. The van der Waals surface area contributed by atoms with Crippen LogP contribution in [0.2, 0.25) is 0 Å². The van der Waals surface area contributed by atoms with E-state index >= 15 is 0 Å². The van der Waals surface area contributed by atoms with Gasteiger partial charge in [0.1, 0.15) is 0 Å². The third-order valence-corrected chi connectivity index (χ3v) is 6.70. The highest BCUT2D eigenvalue weighted by Crippen LogP contribution is 2.24. The molecule has 1 fully saturated rings. The molecule has 3 rings (SSSR count). The fourth-order valence-electron chi connectivity index (χ4n) is 3.24. The summed E-state index contributed by atoms with van der Waals surface area (Å²) >= 11 is 5.32. The Kier molecular flexibility index (Phi) is 6.86. The fourth-order valence-corrected chi connectivity index (χ4v) is 4.76. The molecule has 0 unspecified atom stereocenters. The van der Waals surface area contributed by atoms with Crippen LogP contribution in [0.15, 0.2) is 46.3 Å². The van der Waals surface area contributed by atoms with Crippen LogP contribution in [0.4, 0.5) is 0 Å². The molecule has 0 spiro atoms. The normalized spacial score (nSPS) is 17.2. The summed E-state index contributed by atoms with van der Waals surface area (Å²) in [7, 11) is 1.91. The van der Waals surface area contributed by atoms with E-state index in [0.717, 1.165) is 32.7 Å². The quantitative estimate of drug-likeness (QED) is 0.689. The Balaban J connectivity index is 1.45. The van der Waals surface area contributed by atoms with Crippen LogP contribution in [-0.4, -0.2) is 60.4 Å². The second kappa shape index (κ2) is 9.13. The van der Waals surface area contributed by atoms with E-state index in [9.17, 15) is 4.79 Å². The van der Waals surface area contributed by atoms with Crippen LogP contribution in [-0.2, 0) is 11.3 Å². The van der Waals surface area contributed by atoms with Gasteiger partial charge in [-0.25, -0.2) is 0 Å². The van der Waals surface area contributed by atoms with Crippen molar-refractivity contribution >= 4 is 33.2 Å². The van der Waals surface area contributed by atoms with Gasteiger partial charge in [-0.2, -0.15) is 0 Å². The van der Waals surface area contributed by atoms with Crippen LogP contribution in [0.1, 0.15) is 23.4 Å². The molecule has 1 atom stereocenters. The number of hydrogen-bond donors (Lipinski definition) is 0. The molecule has 140 valence electrons. The largest absolute Gasteiger partial charge is 0.338 e. The van der Waals surface area contributed by atoms with Gasteiger partial charge in [0.2, 0.25) is 5.91 Å². The predicted octanol–water partition coefficient (Wildman–Crippen LogP) is 3.85. The summed E-state index contributed by atoms with van der Waals surface area (Å²) in [6.45, 7) is 7.53. The molecule has 26 heavy (non-hydrogen) atoms. The van der Waals surface area contributed by atoms with Gasteiger partial charge in [0.05, 0.1) is 16.4 Å². The van der Waals surface area contributed by atoms with Crippen molar-refractivity contribution in [2.75, 3.05) is 39.8 Å². The molecular weight excluding hydrogens is 410 g/mol. The Morgan fingerprint density at radius 2 is 1.77 bits per heavy atom. The number of rotatable bonds is 6. The first-order chi connectivity index (χ1) is 12.5. The number of amides is 1. The first-order valence-electron chi connectivity index (χ1n) is 9.02. The number of carbonyl (C=O) groups excluding carboxylic acids is 1. The van der Waals surface area contributed by atoms with E-state index in [2.05, 4.69) is 56.9 Å². The number of hydrogen-bond acceptors (Lipinski definition) is 4. The van der Waals surface area contributed by atoms with E-state index in [-0.39, 0.29) is 11.9 Å². The van der Waals surface area contributed by atoms with Crippen molar-refractivity contribution in [3.05, 3.63) is 56.7 Å². The summed E-state index contributed by atoms with van der Waals surface area (Å²) in [5.74, 6) is 0.192. The summed E-state index contributed by atoms with van der Waals surface area (Å²) in [5.41, 5.74) is 1.18. The highest BCUT2D eigenvalue weighted by atomic mass is 79.9. The zero-order valence-electron chi connectivity index (χ0n) is 15.4. The van der Waals surface area contributed by atoms with Crippen molar-refractivity contribution in [3.63, 3.8) is 0 Å². The number of carbonyl (C=O) groups is 1. The van der Waals surface area contributed by atoms with Gasteiger partial charge in [0.15, 0.2) is 0 Å². The number of nitrogens with zero attached hydrogens (tertiary/aromatic N) is 3. The molecular formula is C20H26BrN3OS. The first kappa shape index (κ1) is 19.5. The van der Waals surface area contributed by atoms with Gasteiger partial charge < -0.3 is 4.90 Å². The maximum Gasteiger partial charge on any atom is 0.236 e. The molecule has 0 N–H and O–H groups in total. The molecule has 1 aliphatic rings. The van der Waals surface area contributed by atoms with Gasteiger partial charge in [0, 0.05) is 44.6 Å². The number of thiophene rings is 1. The standard InChI is InChI=1S/C20H26BrN3OS/c1-16(17-6-4-3-5-7-17)22(2)20(25)15-24-12-10-23(11-13-24)14-18-8-9-19(21)26-18/h3-9,16H,10-15H2,1-2H3/t16-/m0/s1. The summed E-state index contributed by atoms with van der Waals surface area (Å²) in [4.78, 5) is 20.7. The number of likely N-dealkylation sites (N-methyl/N-ethyl adjacent to an activating group) is 1. The fraction of sp³-hybridized carbons (Fsp3) is 0.450. The van der Waals surface area contributed by atoms with Crippen molar-refractivity contribution in [2.45, 2.75) is 19.5 Å². The molecule has 6 heteroatoms. The first-order valence-corrected chi connectivity index (χ1v) is 10.6. The molecule has 1 amide bonds. The second-order valence-electron chi connectivity index (χ2n) is 6.85. The summed E-state index contributed by atoms with van der Waals surface area (Å²) in [6, 6.07) is 14.6. The summed E-state index contributed by atoms with van der Waals surface area (Å²) in [6.07, 6.45) is 0. The van der Waals surface area contributed by atoms with E-state index in [1.165, 1.54) is 14.2 Å². The lowest BCUT2D eigenvalue weighted by molar-refractivity contribution is -0.133. The highest BCUT2D eigenvalue weighted by molar-refractivity contribution is 9.11. The molecule has 1 aromatic carbocycles. The Morgan fingerprint density at radius 3 is 2.38 bits per heavy atom. The van der Waals surface area contributed by atoms with E-state index in [1.54, 1.807) is 11.3 Å². The van der Waals surface area contributed by atoms with Crippen molar-refractivity contribution in [1.29, 1.82) is 0 Å². The van der Waals surface area contributed by atoms with Gasteiger partial charge in [-0.15, -0.1) is 11.3 Å². The van der Waals surface area contributed by atoms with Crippen molar-refractivity contribution < 1.29 is 4.79 Å². The summed E-state index contributed by atoms with van der Waals surface area (Å²) < 4.78 is 1.19. The number of benzene rings is 1. The van der Waals surface area contributed by atoms with E-state index < -0.39 is 0 Å². The van der Waals surface area contributed by atoms with Crippen LogP contribution in [0.5, 0.6) is 0 Å². The van der Waals surface area contributed by atoms with Crippen molar-refractivity contribution in [2.24, 2.45) is 0 Å². The average molecular weight is 436 g/mol. The number of piperazine rings is 1. The molecule has 1 aromatic heterocycles. The van der Waals surface area contributed by atoms with E-state index in [0.29, 0.717) is 6.54 Å². The molecule has 1 saturated heterocycles. The lowest BCUT2D eigenvalue weighted by Crippen LogP contribution is -2.49. The number of halogens is 1. The molecule has 0 aliphatic carbocycles. The zero-order valence-corrected chi connectivity index (χ0v) is 17.8. The topological polar surface area (TPSA) is 26.8 Å². The third kappa shape index (κ3) is 5.16. The van der Waals surface area contributed by atoms with Crippen LogP contribution < -0.4 is 0 Å². The van der Waals surface area contributed by atoms with Crippen molar-refractivity contribution in [3.8, 4) is 0 Å². The summed E-state index contributed by atoms with van der Waals surface area (Å²) in [5, 5.41) is 0. The average Bonchev–Trinajstić information content (AvgIpc) is 3.07. The molecule has 1 aliphatic heterocycles. The lowest BCUT2D eigenvalue weighted by Gasteiger charge is -2.35. The third-order valence-electron chi connectivity index (χ3n) is 5.09.